The van der Waals surface area contributed by atoms with Crippen molar-refractivity contribution in [3.05, 3.63) is 16.1 Å². The quantitative estimate of drug-likeness (QED) is 0.886. The zero-order valence-corrected chi connectivity index (χ0v) is 13.3. The first-order chi connectivity index (χ1) is 9.40. The van der Waals surface area contributed by atoms with Crippen molar-refractivity contribution >= 4 is 57.5 Å². The van der Waals surface area contributed by atoms with Crippen molar-refractivity contribution in [3.8, 4) is 0 Å². The Balaban J connectivity index is 2.21. The van der Waals surface area contributed by atoms with Crippen LogP contribution in [0.15, 0.2) is 14.8 Å². The first kappa shape index (κ1) is 15.4. The SMILES string of the molecule is CC(C)C(N)CC(=O)Nc1c(Cl)cc(Cl)c2c1N=S=N2. The van der Waals surface area contributed by atoms with Crippen LogP contribution in [0.3, 0.4) is 0 Å². The first-order valence-electron chi connectivity index (χ1n) is 6.05. The second kappa shape index (κ2) is 6.22. The monoisotopic (exact) mass is 332 g/mol. The molecule has 0 spiro atoms. The summed E-state index contributed by atoms with van der Waals surface area (Å²) in [5, 5.41) is 3.49. The predicted molar refractivity (Wildman–Crippen MR) is 84.1 cm³/mol. The van der Waals surface area contributed by atoms with E-state index in [1.54, 1.807) is 6.07 Å². The van der Waals surface area contributed by atoms with Gasteiger partial charge in [-0.1, -0.05) is 37.0 Å². The summed E-state index contributed by atoms with van der Waals surface area (Å²) in [6.07, 6.45) is 0.218. The van der Waals surface area contributed by atoms with Gasteiger partial charge in [0.2, 0.25) is 5.91 Å². The van der Waals surface area contributed by atoms with Crippen LogP contribution >= 0.6 is 23.2 Å². The summed E-state index contributed by atoms with van der Waals surface area (Å²) in [6.45, 7) is 3.94. The number of anilines is 1. The van der Waals surface area contributed by atoms with Crippen LogP contribution in [0, 0.1) is 5.92 Å². The Morgan fingerprint density at radius 3 is 2.65 bits per heavy atom. The zero-order valence-electron chi connectivity index (χ0n) is 11.0. The van der Waals surface area contributed by atoms with Crippen molar-refractivity contribution in [3.63, 3.8) is 0 Å². The van der Waals surface area contributed by atoms with Gasteiger partial charge < -0.3 is 11.1 Å². The highest BCUT2D eigenvalue weighted by atomic mass is 35.5. The molecule has 8 heteroatoms. The molecule has 0 aromatic heterocycles. The number of nitrogens with two attached hydrogens (primary N) is 1. The third-order valence-corrected chi connectivity index (χ3v) is 4.10. The number of nitrogens with zero attached hydrogens (tertiary/aromatic N) is 2. The highest BCUT2D eigenvalue weighted by molar-refractivity contribution is 7.58. The van der Waals surface area contributed by atoms with Crippen molar-refractivity contribution in [2.75, 3.05) is 5.32 Å². The number of hydrogen-bond acceptors (Lipinski definition) is 4. The molecule has 1 aliphatic rings. The van der Waals surface area contributed by atoms with E-state index in [-0.39, 0.29) is 24.3 Å². The lowest BCUT2D eigenvalue weighted by Crippen LogP contribution is -2.31. The highest BCUT2D eigenvalue weighted by Gasteiger charge is 2.21. The molecule has 1 aromatic rings. The fourth-order valence-corrected chi connectivity index (χ4v) is 2.79. The minimum absolute atomic E-state index is 0.204. The smallest absolute Gasteiger partial charge is 0.226 e. The molecule has 0 fully saturated rings. The molecular weight excluding hydrogens is 319 g/mol. The van der Waals surface area contributed by atoms with E-state index in [4.69, 9.17) is 28.9 Å². The molecule has 108 valence electrons. The van der Waals surface area contributed by atoms with Gasteiger partial charge in [-0.25, -0.2) is 0 Å². The summed E-state index contributed by atoms with van der Waals surface area (Å²) in [5.74, 6) is 0.0205. The van der Waals surface area contributed by atoms with Crippen LogP contribution in [0.4, 0.5) is 17.1 Å². The topological polar surface area (TPSA) is 79.8 Å². The van der Waals surface area contributed by atoms with E-state index in [0.717, 1.165) is 11.4 Å². The molecular formula is C12H14Cl2N4OS. The summed E-state index contributed by atoms with van der Waals surface area (Å²) in [6, 6.07) is 1.34. The number of carbonyl (C=O) groups excluding carboxylic acids is 1. The van der Waals surface area contributed by atoms with Gasteiger partial charge in [-0.2, -0.15) is 8.73 Å². The predicted octanol–water partition coefficient (Wildman–Crippen LogP) is 4.03. The molecule has 1 aliphatic heterocycles. The summed E-state index contributed by atoms with van der Waals surface area (Å²) in [5.41, 5.74) is 7.35. The van der Waals surface area contributed by atoms with Crippen LogP contribution in [0.2, 0.25) is 10.0 Å². The van der Waals surface area contributed by atoms with Gasteiger partial charge in [0, 0.05) is 12.5 Å². The summed E-state index contributed by atoms with van der Waals surface area (Å²) < 4.78 is 8.20. The highest BCUT2D eigenvalue weighted by Crippen LogP contribution is 2.47. The molecule has 1 atom stereocenters. The number of benzene rings is 1. The van der Waals surface area contributed by atoms with E-state index in [2.05, 4.69) is 14.0 Å². The summed E-state index contributed by atoms with van der Waals surface area (Å²) in [4.78, 5) is 12.0. The molecule has 20 heavy (non-hydrogen) atoms. The van der Waals surface area contributed by atoms with E-state index >= 15 is 0 Å². The number of rotatable bonds is 4. The second-order valence-electron chi connectivity index (χ2n) is 4.84. The van der Waals surface area contributed by atoms with Crippen molar-refractivity contribution < 1.29 is 4.79 Å². The van der Waals surface area contributed by atoms with Gasteiger partial charge in [-0.3, -0.25) is 4.79 Å². The maximum absolute atomic E-state index is 12.0. The molecule has 1 unspecified atom stereocenters. The Labute approximate surface area is 130 Å². The summed E-state index contributed by atoms with van der Waals surface area (Å²) >= 11 is 13.2. The normalized spacial score (nSPS) is 14.1. The zero-order chi connectivity index (χ0) is 14.9. The molecule has 0 radical (unpaired) electrons. The Kier molecular flexibility index (Phi) is 4.80. The average Bonchev–Trinajstić information content (AvgIpc) is 2.83. The number of hydrogen-bond donors (Lipinski definition) is 2. The van der Waals surface area contributed by atoms with E-state index < -0.39 is 0 Å². The third kappa shape index (κ3) is 3.20. The molecule has 1 heterocycles. The minimum atomic E-state index is -0.204. The molecule has 0 aliphatic carbocycles. The fraction of sp³-hybridized carbons (Fsp3) is 0.417. The van der Waals surface area contributed by atoms with Gasteiger partial charge >= 0.3 is 0 Å². The van der Waals surface area contributed by atoms with E-state index in [0.29, 0.717) is 27.1 Å². The van der Waals surface area contributed by atoms with Crippen molar-refractivity contribution in [2.45, 2.75) is 26.3 Å². The molecule has 1 amide bonds. The lowest BCUT2D eigenvalue weighted by Gasteiger charge is -2.16. The largest absolute Gasteiger partial charge is 0.327 e. The second-order valence-corrected chi connectivity index (χ2v) is 6.18. The molecule has 0 bridgehead atoms. The molecule has 0 saturated heterocycles. The maximum Gasteiger partial charge on any atom is 0.226 e. The molecule has 3 N–H and O–H groups in total. The average molecular weight is 333 g/mol. The van der Waals surface area contributed by atoms with Gasteiger partial charge in [0.15, 0.2) is 0 Å². The Morgan fingerprint density at radius 2 is 2.00 bits per heavy atom. The van der Waals surface area contributed by atoms with Gasteiger partial charge in [0.25, 0.3) is 0 Å². The van der Waals surface area contributed by atoms with Crippen LogP contribution in [-0.2, 0) is 16.1 Å². The first-order valence-corrected chi connectivity index (χ1v) is 7.54. The van der Waals surface area contributed by atoms with E-state index in [1.165, 1.54) is 0 Å². The lowest BCUT2D eigenvalue weighted by atomic mass is 10.0. The van der Waals surface area contributed by atoms with Crippen LogP contribution < -0.4 is 11.1 Å². The number of halogens is 2. The van der Waals surface area contributed by atoms with Crippen LogP contribution in [-0.4, -0.2) is 11.9 Å². The molecule has 0 saturated carbocycles. The minimum Gasteiger partial charge on any atom is -0.327 e. The van der Waals surface area contributed by atoms with Crippen molar-refractivity contribution in [1.29, 1.82) is 0 Å². The molecule has 1 aromatic carbocycles. The Hall–Kier alpha value is -0.950. The van der Waals surface area contributed by atoms with Crippen molar-refractivity contribution in [1.82, 2.24) is 0 Å². The number of amides is 1. The number of fused-ring (bicyclic) bond motifs is 1. The van der Waals surface area contributed by atoms with Crippen LogP contribution in [0.25, 0.3) is 0 Å². The lowest BCUT2D eigenvalue weighted by molar-refractivity contribution is -0.116. The van der Waals surface area contributed by atoms with Gasteiger partial charge in [-0.05, 0) is 12.0 Å². The van der Waals surface area contributed by atoms with Gasteiger partial charge in [-0.15, -0.1) is 0 Å². The van der Waals surface area contributed by atoms with E-state index in [1.807, 2.05) is 13.8 Å². The van der Waals surface area contributed by atoms with Gasteiger partial charge in [0.1, 0.15) is 11.4 Å². The van der Waals surface area contributed by atoms with Crippen molar-refractivity contribution in [2.24, 2.45) is 20.4 Å². The third-order valence-electron chi connectivity index (χ3n) is 2.99. The molecule has 2 rings (SSSR count). The fourth-order valence-electron chi connectivity index (χ4n) is 1.63. The van der Waals surface area contributed by atoms with Gasteiger partial charge in [0.05, 0.1) is 27.1 Å². The molecule has 5 nitrogen and oxygen atoms in total. The Bertz CT molecular complexity index is 626. The van der Waals surface area contributed by atoms with E-state index in [9.17, 15) is 4.79 Å². The standard InChI is InChI=1S/C12H14Cl2N4OS/c1-5(2)8(15)4-9(19)16-10-6(13)3-7(14)11-12(10)18-20-17-11/h3,5,8H,4,15H2,1-2H3,(H,16,19). The number of carbonyl (C=O) groups is 1. The summed E-state index contributed by atoms with van der Waals surface area (Å²) in [7, 11) is 0. The number of nitrogens with one attached hydrogen (secondary N) is 1. The Morgan fingerprint density at radius 1 is 1.35 bits per heavy atom. The van der Waals surface area contributed by atoms with Crippen LogP contribution in [0.1, 0.15) is 20.3 Å². The maximum atomic E-state index is 12.0. The van der Waals surface area contributed by atoms with Crippen LogP contribution in [0.5, 0.6) is 0 Å².